The molecule has 2 aliphatic rings. The lowest BCUT2D eigenvalue weighted by Crippen LogP contribution is -2.40. The summed E-state index contributed by atoms with van der Waals surface area (Å²) in [5, 5.41) is 3.64. The van der Waals surface area contributed by atoms with E-state index >= 15 is 0 Å². The Labute approximate surface area is 211 Å². The lowest BCUT2D eigenvalue weighted by Gasteiger charge is -2.34. The molecule has 4 rings (SSSR count). The van der Waals surface area contributed by atoms with Crippen LogP contribution in [0.25, 0.3) is 6.08 Å². The van der Waals surface area contributed by atoms with Gasteiger partial charge in [-0.15, -0.1) is 0 Å². The first kappa shape index (κ1) is 24.8. The highest BCUT2D eigenvalue weighted by Gasteiger charge is 2.27. The number of piperidine rings is 1. The van der Waals surface area contributed by atoms with Gasteiger partial charge in [0.15, 0.2) is 0 Å². The Balaban J connectivity index is 1.37. The van der Waals surface area contributed by atoms with Crippen LogP contribution in [-0.2, 0) is 4.79 Å². The summed E-state index contributed by atoms with van der Waals surface area (Å²) >= 11 is 7.67. The highest BCUT2D eigenvalue weighted by molar-refractivity contribution is 8.04. The molecule has 0 saturated carbocycles. The number of carbonyl (C=O) groups is 2. The molecule has 7 heteroatoms. The first-order valence-electron chi connectivity index (χ1n) is 11.9. The number of amides is 2. The average Bonchev–Trinajstić information content (AvgIpc) is 2.80. The fraction of sp³-hybridized carbons (Fsp3) is 0.407. The third-order valence-electron chi connectivity index (χ3n) is 6.39. The number of hydrogen-bond donors (Lipinski definition) is 1. The molecule has 2 heterocycles. The van der Waals surface area contributed by atoms with Crippen molar-refractivity contribution >= 4 is 46.9 Å². The van der Waals surface area contributed by atoms with Crippen LogP contribution in [0.4, 0.5) is 5.69 Å². The normalized spacial score (nSPS) is 22.1. The second kappa shape index (κ2) is 11.0. The van der Waals surface area contributed by atoms with Gasteiger partial charge in [-0.05, 0) is 67.1 Å². The number of likely N-dealkylation sites (N-methyl/N-ethyl adjacent to an activating group) is 1. The van der Waals surface area contributed by atoms with Gasteiger partial charge in [0.2, 0.25) is 0 Å². The van der Waals surface area contributed by atoms with E-state index in [-0.39, 0.29) is 11.8 Å². The summed E-state index contributed by atoms with van der Waals surface area (Å²) in [6, 6.07) is 13.0. The Morgan fingerprint density at radius 1 is 1.18 bits per heavy atom. The minimum absolute atomic E-state index is 0.105. The van der Waals surface area contributed by atoms with E-state index in [1.807, 2.05) is 42.5 Å². The Bertz CT molecular complexity index is 1090. The molecule has 2 aromatic rings. The number of nitrogens with zero attached hydrogens (tertiary/aromatic N) is 2. The van der Waals surface area contributed by atoms with Gasteiger partial charge in [0.05, 0.1) is 10.6 Å². The van der Waals surface area contributed by atoms with Crippen LogP contribution >= 0.6 is 23.4 Å². The molecule has 1 N–H and O–H groups in total. The molecule has 180 valence electrons. The Morgan fingerprint density at radius 3 is 2.65 bits per heavy atom. The molecule has 0 spiro atoms. The van der Waals surface area contributed by atoms with Crippen LogP contribution in [0.3, 0.4) is 0 Å². The van der Waals surface area contributed by atoms with Crippen molar-refractivity contribution in [1.82, 2.24) is 10.2 Å². The maximum atomic E-state index is 13.0. The number of carbonyl (C=O) groups excluding carboxylic acids is 2. The lowest BCUT2D eigenvalue weighted by atomic mass is 9.92. The highest BCUT2D eigenvalue weighted by Crippen LogP contribution is 2.42. The molecule has 0 bridgehead atoms. The molecule has 2 atom stereocenters. The predicted molar refractivity (Wildman–Crippen MR) is 141 cm³/mol. The maximum Gasteiger partial charge on any atom is 0.264 e. The van der Waals surface area contributed by atoms with Crippen LogP contribution < -0.4 is 10.2 Å². The number of nitrogens with one attached hydrogen (secondary N) is 1. The van der Waals surface area contributed by atoms with E-state index in [2.05, 4.69) is 24.1 Å². The molecule has 0 aromatic heterocycles. The quantitative estimate of drug-likeness (QED) is 0.420. The SMILES string of the molecule is CC1CC(C)CN(CCCNC(=O)c2ccc3c(c2)N(C)C(=O)/C(=C/c2ccccc2Cl)S3)C1. The van der Waals surface area contributed by atoms with Crippen LogP contribution in [0, 0.1) is 11.8 Å². The minimum Gasteiger partial charge on any atom is -0.352 e. The number of fused-ring (bicyclic) bond motifs is 1. The number of likely N-dealkylation sites (tertiary alicyclic amines) is 1. The van der Waals surface area contributed by atoms with Gasteiger partial charge in [-0.25, -0.2) is 0 Å². The Hall–Kier alpha value is -2.28. The first-order chi connectivity index (χ1) is 16.3. The lowest BCUT2D eigenvalue weighted by molar-refractivity contribution is -0.114. The summed E-state index contributed by atoms with van der Waals surface area (Å²) in [5.41, 5.74) is 2.12. The molecular formula is C27H32ClN3O2S. The van der Waals surface area contributed by atoms with Crippen molar-refractivity contribution in [3.63, 3.8) is 0 Å². The third-order valence-corrected chi connectivity index (χ3v) is 7.81. The fourth-order valence-electron chi connectivity index (χ4n) is 4.85. The Kier molecular flexibility index (Phi) is 8.02. The number of anilines is 1. The largest absolute Gasteiger partial charge is 0.352 e. The standard InChI is InChI=1S/C27H32ClN3O2S/c1-18-13-19(2)17-31(16-18)12-6-11-29-26(32)21-9-10-24-23(14-21)30(3)27(33)25(34-24)15-20-7-4-5-8-22(20)28/h4-5,7-10,14-15,18-19H,6,11-13,16-17H2,1-3H3,(H,29,32)/b25-15-. The van der Waals surface area contributed by atoms with Crippen LogP contribution in [-0.4, -0.2) is 49.9 Å². The number of hydrogen-bond acceptors (Lipinski definition) is 4. The zero-order valence-corrected chi connectivity index (χ0v) is 21.6. The smallest absolute Gasteiger partial charge is 0.264 e. The van der Waals surface area contributed by atoms with E-state index in [0.29, 0.717) is 22.0 Å². The van der Waals surface area contributed by atoms with Gasteiger partial charge in [-0.1, -0.05) is 55.4 Å². The molecule has 1 fully saturated rings. The van der Waals surface area contributed by atoms with Crippen molar-refractivity contribution in [3.8, 4) is 0 Å². The highest BCUT2D eigenvalue weighted by atomic mass is 35.5. The monoisotopic (exact) mass is 497 g/mol. The van der Waals surface area contributed by atoms with Crippen molar-refractivity contribution < 1.29 is 9.59 Å². The van der Waals surface area contributed by atoms with E-state index in [1.165, 1.54) is 18.2 Å². The summed E-state index contributed by atoms with van der Waals surface area (Å²) in [7, 11) is 1.74. The predicted octanol–water partition coefficient (Wildman–Crippen LogP) is 5.55. The summed E-state index contributed by atoms with van der Waals surface area (Å²) in [6.07, 6.45) is 4.05. The summed E-state index contributed by atoms with van der Waals surface area (Å²) in [5.74, 6) is 1.27. The summed E-state index contributed by atoms with van der Waals surface area (Å²) < 4.78 is 0. The zero-order valence-electron chi connectivity index (χ0n) is 20.0. The van der Waals surface area contributed by atoms with Gasteiger partial charge < -0.3 is 15.1 Å². The zero-order chi connectivity index (χ0) is 24.2. The van der Waals surface area contributed by atoms with Gasteiger partial charge in [0.1, 0.15) is 0 Å². The molecule has 2 unspecified atom stereocenters. The first-order valence-corrected chi connectivity index (χ1v) is 13.1. The van der Waals surface area contributed by atoms with Crippen LogP contribution in [0.5, 0.6) is 0 Å². The number of thioether (sulfide) groups is 1. The van der Waals surface area contributed by atoms with Crippen molar-refractivity contribution in [2.45, 2.75) is 31.6 Å². The number of benzene rings is 2. The molecule has 2 aromatic carbocycles. The van der Waals surface area contributed by atoms with Gasteiger partial charge in [0.25, 0.3) is 11.8 Å². The number of halogens is 1. The summed E-state index contributed by atoms with van der Waals surface area (Å²) in [4.78, 5) is 31.4. The summed E-state index contributed by atoms with van der Waals surface area (Å²) in [6.45, 7) is 8.57. The van der Waals surface area contributed by atoms with Gasteiger partial charge in [-0.2, -0.15) is 0 Å². The van der Waals surface area contributed by atoms with Crippen LogP contribution in [0.15, 0.2) is 52.3 Å². The van der Waals surface area contributed by atoms with Gasteiger partial charge in [-0.3, -0.25) is 9.59 Å². The minimum atomic E-state index is -0.111. The molecular weight excluding hydrogens is 466 g/mol. The topological polar surface area (TPSA) is 52.7 Å². The maximum absolute atomic E-state index is 13.0. The second-order valence-electron chi connectivity index (χ2n) is 9.49. The number of rotatable bonds is 6. The van der Waals surface area contributed by atoms with E-state index < -0.39 is 0 Å². The molecule has 2 aliphatic heterocycles. The van der Waals surface area contributed by atoms with Gasteiger partial charge >= 0.3 is 0 Å². The van der Waals surface area contributed by atoms with Crippen molar-refractivity contribution in [1.29, 1.82) is 0 Å². The van der Waals surface area contributed by atoms with E-state index in [1.54, 1.807) is 18.0 Å². The second-order valence-corrected chi connectivity index (χ2v) is 11.0. The van der Waals surface area contributed by atoms with Crippen molar-refractivity contribution in [2.75, 3.05) is 38.1 Å². The van der Waals surface area contributed by atoms with Crippen LogP contribution in [0.2, 0.25) is 5.02 Å². The molecule has 0 aliphatic carbocycles. The van der Waals surface area contributed by atoms with Gasteiger partial charge in [0, 0.05) is 42.2 Å². The Morgan fingerprint density at radius 2 is 1.91 bits per heavy atom. The molecule has 0 radical (unpaired) electrons. The van der Waals surface area contributed by atoms with Crippen molar-refractivity contribution in [2.24, 2.45) is 11.8 Å². The molecule has 2 amide bonds. The van der Waals surface area contributed by atoms with E-state index in [4.69, 9.17) is 11.6 Å². The van der Waals surface area contributed by atoms with E-state index in [9.17, 15) is 9.59 Å². The van der Waals surface area contributed by atoms with E-state index in [0.717, 1.165) is 54.0 Å². The van der Waals surface area contributed by atoms with Crippen molar-refractivity contribution in [3.05, 3.63) is 63.5 Å². The average molecular weight is 498 g/mol. The fourth-order valence-corrected chi connectivity index (χ4v) is 6.12. The molecule has 34 heavy (non-hydrogen) atoms. The molecule has 5 nitrogen and oxygen atoms in total. The molecule has 1 saturated heterocycles. The van der Waals surface area contributed by atoms with Crippen LogP contribution in [0.1, 0.15) is 42.6 Å². The third kappa shape index (κ3) is 5.85.